The maximum atomic E-state index is 8.89. The van der Waals surface area contributed by atoms with Gasteiger partial charge in [0.05, 0.1) is 5.02 Å². The van der Waals surface area contributed by atoms with Crippen LogP contribution in [0.1, 0.15) is 0 Å². The van der Waals surface area contributed by atoms with Crippen LogP contribution in [0, 0.1) is 0 Å². The minimum absolute atomic E-state index is 0.0602. The highest BCUT2D eigenvalue weighted by atomic mass is 35.5. The van der Waals surface area contributed by atoms with Crippen LogP contribution in [-0.4, -0.2) is 31.1 Å². The quantitative estimate of drug-likeness (QED) is 0.550. The van der Waals surface area contributed by atoms with E-state index in [0.717, 1.165) is 0 Å². The van der Waals surface area contributed by atoms with Gasteiger partial charge in [-0.3, -0.25) is 0 Å². The molecule has 0 saturated carbocycles. The molecular weight excluding hydrogens is 206 g/mol. The van der Waals surface area contributed by atoms with E-state index >= 15 is 0 Å². The summed E-state index contributed by atoms with van der Waals surface area (Å²) in [4.78, 5) is 0. The van der Waals surface area contributed by atoms with Crippen LogP contribution in [0.2, 0.25) is 5.02 Å². The molecule has 1 aromatic carbocycles. The first-order valence-electron chi connectivity index (χ1n) is 3.92. The molecule has 1 rings (SSSR count). The molecule has 0 unspecified atom stereocenters. The molecule has 0 aliphatic rings. The highest BCUT2D eigenvalue weighted by Crippen LogP contribution is 2.22. The standard InChI is InChI=1S/C8H10BClO4/c1-13-5-14-8-4-6(9(11)12)2-3-7(8)10/h2-4,11-12H,5H2,1H3. The van der Waals surface area contributed by atoms with Crippen LogP contribution >= 0.6 is 11.6 Å². The van der Waals surface area contributed by atoms with E-state index in [1.807, 2.05) is 0 Å². The van der Waals surface area contributed by atoms with Gasteiger partial charge in [0.2, 0.25) is 0 Å². The molecule has 0 heterocycles. The molecule has 76 valence electrons. The van der Waals surface area contributed by atoms with Crippen molar-refractivity contribution in [2.24, 2.45) is 0 Å². The summed E-state index contributed by atoms with van der Waals surface area (Å²) in [5, 5.41) is 18.2. The second-order valence-corrected chi connectivity index (χ2v) is 3.02. The Morgan fingerprint density at radius 3 is 2.71 bits per heavy atom. The molecule has 0 spiro atoms. The van der Waals surface area contributed by atoms with Crippen molar-refractivity contribution in [1.82, 2.24) is 0 Å². The Kier molecular flexibility index (Phi) is 4.22. The number of hydrogen-bond acceptors (Lipinski definition) is 4. The smallest absolute Gasteiger partial charge is 0.466 e. The number of hydrogen-bond donors (Lipinski definition) is 2. The summed E-state index contributed by atoms with van der Waals surface area (Å²) in [7, 11) is -0.0456. The first-order valence-corrected chi connectivity index (χ1v) is 4.30. The lowest BCUT2D eigenvalue weighted by Gasteiger charge is -2.08. The Morgan fingerprint density at radius 1 is 1.43 bits per heavy atom. The molecule has 0 bridgehead atoms. The maximum Gasteiger partial charge on any atom is 0.488 e. The van der Waals surface area contributed by atoms with Gasteiger partial charge in [-0.25, -0.2) is 0 Å². The lowest BCUT2D eigenvalue weighted by molar-refractivity contribution is 0.0512. The molecule has 0 amide bonds. The molecule has 0 aliphatic carbocycles. The van der Waals surface area contributed by atoms with E-state index in [2.05, 4.69) is 0 Å². The Hall–Kier alpha value is -0.745. The molecule has 0 fully saturated rings. The van der Waals surface area contributed by atoms with Gasteiger partial charge < -0.3 is 19.5 Å². The fraction of sp³-hybridized carbons (Fsp3) is 0.250. The van der Waals surface area contributed by atoms with Gasteiger partial charge in [-0.15, -0.1) is 0 Å². The number of benzene rings is 1. The van der Waals surface area contributed by atoms with E-state index in [4.69, 9.17) is 31.1 Å². The molecular formula is C8H10BClO4. The van der Waals surface area contributed by atoms with Crippen molar-refractivity contribution in [3.63, 3.8) is 0 Å². The van der Waals surface area contributed by atoms with Gasteiger partial charge in [-0.1, -0.05) is 17.7 Å². The number of methoxy groups -OCH3 is 1. The van der Waals surface area contributed by atoms with Crippen molar-refractivity contribution in [3.8, 4) is 5.75 Å². The van der Waals surface area contributed by atoms with Crippen molar-refractivity contribution in [2.45, 2.75) is 0 Å². The molecule has 0 atom stereocenters. The maximum absolute atomic E-state index is 8.89. The van der Waals surface area contributed by atoms with E-state index < -0.39 is 7.12 Å². The number of halogens is 1. The van der Waals surface area contributed by atoms with Crippen molar-refractivity contribution in [2.75, 3.05) is 13.9 Å². The third kappa shape index (κ3) is 2.89. The number of rotatable bonds is 4. The Labute approximate surface area is 87.2 Å². The normalized spacial score (nSPS) is 10.0. The number of ether oxygens (including phenoxy) is 2. The Bertz CT molecular complexity index is 305. The molecule has 4 nitrogen and oxygen atoms in total. The van der Waals surface area contributed by atoms with Gasteiger partial charge >= 0.3 is 7.12 Å². The van der Waals surface area contributed by atoms with Gasteiger partial charge in [0.15, 0.2) is 6.79 Å². The van der Waals surface area contributed by atoms with E-state index in [-0.39, 0.29) is 6.79 Å². The average Bonchev–Trinajstić information content (AvgIpc) is 2.16. The third-order valence-electron chi connectivity index (χ3n) is 1.59. The Morgan fingerprint density at radius 2 is 2.14 bits per heavy atom. The molecule has 1 aromatic rings. The highest BCUT2D eigenvalue weighted by Gasteiger charge is 2.13. The third-order valence-corrected chi connectivity index (χ3v) is 1.90. The van der Waals surface area contributed by atoms with Gasteiger partial charge in [0, 0.05) is 7.11 Å². The molecule has 0 aliphatic heterocycles. The summed E-state index contributed by atoms with van der Waals surface area (Å²) in [6.45, 7) is 0.0602. The fourth-order valence-corrected chi connectivity index (χ4v) is 1.09. The molecule has 14 heavy (non-hydrogen) atoms. The topological polar surface area (TPSA) is 58.9 Å². The second-order valence-electron chi connectivity index (χ2n) is 2.61. The van der Waals surface area contributed by atoms with Crippen LogP contribution in [-0.2, 0) is 4.74 Å². The first kappa shape index (κ1) is 11.3. The zero-order valence-electron chi connectivity index (χ0n) is 7.61. The van der Waals surface area contributed by atoms with Crippen molar-refractivity contribution >= 4 is 24.2 Å². The van der Waals surface area contributed by atoms with Crippen LogP contribution in [0.3, 0.4) is 0 Å². The summed E-state index contributed by atoms with van der Waals surface area (Å²) in [6, 6.07) is 4.49. The van der Waals surface area contributed by atoms with Gasteiger partial charge in [-0.05, 0) is 17.6 Å². The van der Waals surface area contributed by atoms with Gasteiger partial charge in [-0.2, -0.15) is 0 Å². The lowest BCUT2D eigenvalue weighted by Crippen LogP contribution is -2.29. The predicted molar refractivity (Wildman–Crippen MR) is 53.8 cm³/mol. The van der Waals surface area contributed by atoms with Crippen LogP contribution in [0.4, 0.5) is 0 Å². The van der Waals surface area contributed by atoms with E-state index in [1.54, 1.807) is 0 Å². The van der Waals surface area contributed by atoms with Crippen LogP contribution in [0.25, 0.3) is 0 Å². The van der Waals surface area contributed by atoms with Gasteiger partial charge in [0.25, 0.3) is 0 Å². The van der Waals surface area contributed by atoms with Crippen molar-refractivity contribution in [3.05, 3.63) is 23.2 Å². The summed E-state index contributed by atoms with van der Waals surface area (Å²) >= 11 is 5.79. The molecule has 2 N–H and O–H groups in total. The predicted octanol–water partition coefficient (Wildman–Crippen LogP) is 0.00250. The van der Waals surface area contributed by atoms with E-state index in [1.165, 1.54) is 25.3 Å². The zero-order chi connectivity index (χ0) is 10.6. The largest absolute Gasteiger partial charge is 0.488 e. The zero-order valence-corrected chi connectivity index (χ0v) is 8.36. The van der Waals surface area contributed by atoms with Crippen LogP contribution in [0.15, 0.2) is 18.2 Å². The van der Waals surface area contributed by atoms with Crippen LogP contribution < -0.4 is 10.2 Å². The van der Waals surface area contributed by atoms with Crippen LogP contribution in [0.5, 0.6) is 5.75 Å². The first-order chi connectivity index (χ1) is 6.65. The van der Waals surface area contributed by atoms with Crippen molar-refractivity contribution in [1.29, 1.82) is 0 Å². The average molecular weight is 216 g/mol. The summed E-state index contributed by atoms with van der Waals surface area (Å²) in [5.74, 6) is 0.360. The summed E-state index contributed by atoms with van der Waals surface area (Å²) in [5.41, 5.74) is 0.320. The fourth-order valence-electron chi connectivity index (χ4n) is 0.914. The summed E-state index contributed by atoms with van der Waals surface area (Å²) in [6.07, 6.45) is 0. The minimum Gasteiger partial charge on any atom is -0.466 e. The SMILES string of the molecule is COCOc1cc(B(O)O)ccc1Cl. The van der Waals surface area contributed by atoms with E-state index in [0.29, 0.717) is 16.2 Å². The monoisotopic (exact) mass is 216 g/mol. The van der Waals surface area contributed by atoms with Crippen molar-refractivity contribution < 1.29 is 19.5 Å². The molecule has 0 saturated heterocycles. The van der Waals surface area contributed by atoms with E-state index in [9.17, 15) is 0 Å². The molecule has 6 heteroatoms. The second kappa shape index (κ2) is 5.21. The Balaban J connectivity index is 2.85. The van der Waals surface area contributed by atoms with Gasteiger partial charge in [0.1, 0.15) is 5.75 Å². The summed E-state index contributed by atoms with van der Waals surface area (Å²) < 4.78 is 9.80. The molecule has 0 aromatic heterocycles. The molecule has 0 radical (unpaired) electrons. The lowest BCUT2D eigenvalue weighted by atomic mass is 9.80. The minimum atomic E-state index is -1.53. The highest BCUT2D eigenvalue weighted by molar-refractivity contribution is 6.58.